The van der Waals surface area contributed by atoms with Gasteiger partial charge in [0.05, 0.1) is 20.6 Å². The Morgan fingerprint density at radius 3 is 2.57 bits per heavy atom. The van der Waals surface area contributed by atoms with E-state index in [-0.39, 0.29) is 12.2 Å². The molecule has 1 amide bonds. The van der Waals surface area contributed by atoms with Gasteiger partial charge in [0.25, 0.3) is 0 Å². The summed E-state index contributed by atoms with van der Waals surface area (Å²) in [6.45, 7) is 2.11. The van der Waals surface area contributed by atoms with Crippen LogP contribution >= 0.6 is 0 Å². The van der Waals surface area contributed by atoms with Crippen molar-refractivity contribution in [2.45, 2.75) is 18.9 Å². The van der Waals surface area contributed by atoms with Gasteiger partial charge in [0.2, 0.25) is 0 Å². The maximum atomic E-state index is 11.3. The topological polar surface area (TPSA) is 29.5 Å². The molecule has 1 fully saturated rings. The third-order valence-corrected chi connectivity index (χ3v) is 2.62. The maximum Gasteiger partial charge on any atom is 0.409 e. The average Bonchev–Trinajstić information content (AvgIpc) is 2.01. The maximum absolute atomic E-state index is 11.3. The molecule has 0 bridgehead atoms. The van der Waals surface area contributed by atoms with Crippen molar-refractivity contribution in [2.75, 3.05) is 41.3 Å². The van der Waals surface area contributed by atoms with Crippen molar-refractivity contribution in [3.8, 4) is 0 Å². The van der Waals surface area contributed by atoms with E-state index < -0.39 is 0 Å². The van der Waals surface area contributed by atoms with Gasteiger partial charge in [-0.05, 0) is 6.42 Å². The molecule has 4 nitrogen and oxygen atoms in total. The van der Waals surface area contributed by atoms with Gasteiger partial charge < -0.3 is 14.1 Å². The minimum atomic E-state index is -0.225. The van der Waals surface area contributed by atoms with E-state index in [2.05, 4.69) is 14.1 Å². The second-order valence-corrected chi connectivity index (χ2v) is 4.88. The zero-order valence-corrected chi connectivity index (χ0v) is 9.62. The van der Waals surface area contributed by atoms with Crippen LogP contribution in [0.5, 0.6) is 0 Å². The van der Waals surface area contributed by atoms with Crippen LogP contribution in [0.2, 0.25) is 0 Å². The summed E-state index contributed by atoms with van der Waals surface area (Å²) in [6.07, 6.45) is 2.00. The van der Waals surface area contributed by atoms with Gasteiger partial charge in [0.15, 0.2) is 6.10 Å². The lowest BCUT2D eigenvalue weighted by Gasteiger charge is -2.37. The lowest BCUT2D eigenvalue weighted by atomic mass is 10.1. The van der Waals surface area contributed by atoms with Crippen molar-refractivity contribution in [3.05, 3.63) is 0 Å². The van der Waals surface area contributed by atoms with E-state index in [4.69, 9.17) is 4.74 Å². The predicted molar refractivity (Wildman–Crippen MR) is 55.0 cm³/mol. The standard InChI is InChI=1S/C10H21N2O2/c1-11(2)10(13)14-9-6-5-7-12(3,4)8-9/h9H,5-8H2,1-4H3/q+1. The van der Waals surface area contributed by atoms with E-state index in [0.717, 1.165) is 23.9 Å². The molecule has 0 aliphatic carbocycles. The summed E-state index contributed by atoms with van der Waals surface area (Å²) in [4.78, 5) is 12.8. The Kier molecular flexibility index (Phi) is 3.37. The Labute approximate surface area is 86.0 Å². The van der Waals surface area contributed by atoms with Gasteiger partial charge in [-0.25, -0.2) is 4.79 Å². The number of likely N-dealkylation sites (tertiary alicyclic amines) is 1. The zero-order chi connectivity index (χ0) is 10.8. The number of hydrogen-bond donors (Lipinski definition) is 0. The van der Waals surface area contributed by atoms with E-state index >= 15 is 0 Å². The van der Waals surface area contributed by atoms with E-state index in [1.807, 2.05) is 0 Å². The highest BCUT2D eigenvalue weighted by Gasteiger charge is 2.30. The first-order valence-corrected chi connectivity index (χ1v) is 5.11. The summed E-state index contributed by atoms with van der Waals surface area (Å²) in [7, 11) is 7.78. The van der Waals surface area contributed by atoms with Crippen LogP contribution in [0.1, 0.15) is 12.8 Å². The molecule has 1 atom stereocenters. The van der Waals surface area contributed by atoms with E-state index in [1.165, 1.54) is 11.4 Å². The number of ether oxygens (including phenoxy) is 1. The monoisotopic (exact) mass is 201 g/mol. The molecule has 1 heterocycles. The summed E-state index contributed by atoms with van der Waals surface area (Å²) in [5.41, 5.74) is 0. The van der Waals surface area contributed by atoms with E-state index in [0.29, 0.717) is 0 Å². The third-order valence-electron chi connectivity index (χ3n) is 2.62. The highest BCUT2D eigenvalue weighted by Crippen LogP contribution is 2.17. The molecule has 0 aromatic heterocycles. The molecule has 1 unspecified atom stereocenters. The normalized spacial score (nSPS) is 25.6. The fourth-order valence-corrected chi connectivity index (χ4v) is 1.83. The van der Waals surface area contributed by atoms with Gasteiger partial charge >= 0.3 is 6.09 Å². The Bertz CT molecular complexity index is 214. The highest BCUT2D eigenvalue weighted by atomic mass is 16.6. The zero-order valence-electron chi connectivity index (χ0n) is 9.62. The summed E-state index contributed by atoms with van der Waals surface area (Å²) in [6, 6.07) is 0. The van der Waals surface area contributed by atoms with Crippen LogP contribution in [0.25, 0.3) is 0 Å². The summed E-state index contributed by atoms with van der Waals surface area (Å²) in [5.74, 6) is 0. The van der Waals surface area contributed by atoms with Gasteiger partial charge in [-0.15, -0.1) is 0 Å². The number of carbonyl (C=O) groups excluding carboxylic acids is 1. The molecule has 0 aromatic rings. The van der Waals surface area contributed by atoms with Gasteiger partial charge in [-0.1, -0.05) is 0 Å². The molecular weight excluding hydrogens is 180 g/mol. The fourth-order valence-electron chi connectivity index (χ4n) is 1.83. The van der Waals surface area contributed by atoms with Crippen molar-refractivity contribution in [1.82, 2.24) is 4.90 Å². The van der Waals surface area contributed by atoms with Crippen LogP contribution in [0.4, 0.5) is 4.79 Å². The van der Waals surface area contributed by atoms with Crippen molar-refractivity contribution in [3.63, 3.8) is 0 Å². The summed E-state index contributed by atoms with van der Waals surface area (Å²) in [5, 5.41) is 0. The highest BCUT2D eigenvalue weighted by molar-refractivity contribution is 5.66. The number of hydrogen-bond acceptors (Lipinski definition) is 2. The van der Waals surface area contributed by atoms with E-state index in [1.54, 1.807) is 14.1 Å². The first kappa shape index (κ1) is 11.3. The number of carbonyl (C=O) groups is 1. The Morgan fingerprint density at radius 1 is 1.43 bits per heavy atom. The molecule has 0 saturated carbocycles. The molecule has 1 saturated heterocycles. The minimum Gasteiger partial charge on any atom is -0.440 e. The number of nitrogens with zero attached hydrogens (tertiary/aromatic N) is 2. The van der Waals surface area contributed by atoms with Crippen LogP contribution in [0, 0.1) is 0 Å². The van der Waals surface area contributed by atoms with Gasteiger partial charge in [-0.2, -0.15) is 0 Å². The van der Waals surface area contributed by atoms with Crippen LogP contribution in [0.15, 0.2) is 0 Å². The second-order valence-electron chi connectivity index (χ2n) is 4.88. The fraction of sp³-hybridized carbons (Fsp3) is 0.900. The number of likely N-dealkylation sites (N-methyl/N-ethyl adjacent to an activating group) is 1. The van der Waals surface area contributed by atoms with Crippen molar-refractivity contribution in [1.29, 1.82) is 0 Å². The van der Waals surface area contributed by atoms with Gasteiger partial charge in [0.1, 0.15) is 6.54 Å². The van der Waals surface area contributed by atoms with E-state index in [9.17, 15) is 4.79 Å². The number of amides is 1. The molecule has 1 rings (SSSR count). The Hall–Kier alpha value is -0.770. The Balaban J connectivity index is 2.42. The molecule has 0 radical (unpaired) electrons. The summed E-state index contributed by atoms with van der Waals surface area (Å²) >= 11 is 0. The lowest BCUT2D eigenvalue weighted by Crippen LogP contribution is -2.51. The average molecular weight is 201 g/mol. The largest absolute Gasteiger partial charge is 0.440 e. The molecule has 0 spiro atoms. The number of quaternary nitrogens is 1. The predicted octanol–water partition coefficient (Wildman–Crippen LogP) is 0.923. The molecule has 14 heavy (non-hydrogen) atoms. The second kappa shape index (κ2) is 4.17. The SMILES string of the molecule is CN(C)C(=O)OC1CCC[N+](C)(C)C1. The molecule has 4 heteroatoms. The van der Waals surface area contributed by atoms with Crippen molar-refractivity contribution < 1.29 is 14.0 Å². The van der Waals surface area contributed by atoms with Crippen LogP contribution in [0.3, 0.4) is 0 Å². The first-order chi connectivity index (χ1) is 6.41. The third kappa shape index (κ3) is 3.18. The molecule has 0 aromatic carbocycles. The molecular formula is C10H21N2O2+. The van der Waals surface area contributed by atoms with Gasteiger partial charge in [-0.3, -0.25) is 0 Å². The molecule has 1 aliphatic heterocycles. The minimum absolute atomic E-state index is 0.0913. The summed E-state index contributed by atoms with van der Waals surface area (Å²) < 4.78 is 6.31. The molecule has 82 valence electrons. The van der Waals surface area contributed by atoms with Gasteiger partial charge in [0, 0.05) is 20.5 Å². The quantitative estimate of drug-likeness (QED) is 0.590. The lowest BCUT2D eigenvalue weighted by molar-refractivity contribution is -0.898. The van der Waals surface area contributed by atoms with Crippen LogP contribution in [-0.2, 0) is 4.74 Å². The van der Waals surface area contributed by atoms with Crippen LogP contribution in [-0.4, -0.2) is 62.9 Å². The van der Waals surface area contributed by atoms with Crippen molar-refractivity contribution >= 4 is 6.09 Å². The van der Waals surface area contributed by atoms with Crippen molar-refractivity contribution in [2.24, 2.45) is 0 Å². The number of piperidine rings is 1. The molecule has 1 aliphatic rings. The first-order valence-electron chi connectivity index (χ1n) is 5.11. The number of rotatable bonds is 1. The molecule has 0 N–H and O–H groups in total. The Morgan fingerprint density at radius 2 is 2.07 bits per heavy atom. The van der Waals surface area contributed by atoms with Crippen LogP contribution < -0.4 is 0 Å². The smallest absolute Gasteiger partial charge is 0.409 e.